The van der Waals surface area contributed by atoms with Gasteiger partial charge >= 0.3 is 0 Å². The summed E-state index contributed by atoms with van der Waals surface area (Å²) >= 11 is 0. The molecule has 2 aliphatic heterocycles. The molecule has 0 unspecified atom stereocenters. The van der Waals surface area contributed by atoms with E-state index in [2.05, 4.69) is 45.4 Å². The Balaban J connectivity index is 1.52. The highest BCUT2D eigenvalue weighted by Gasteiger charge is 2.25. The van der Waals surface area contributed by atoms with Gasteiger partial charge in [-0.3, -0.25) is 4.79 Å². The molecule has 0 atom stereocenters. The van der Waals surface area contributed by atoms with E-state index in [4.69, 9.17) is 0 Å². The van der Waals surface area contributed by atoms with Crippen molar-refractivity contribution in [2.75, 3.05) is 32.0 Å². The number of allylic oxidation sites excluding steroid dienone is 1. The summed E-state index contributed by atoms with van der Waals surface area (Å²) in [5.41, 5.74) is 1.50. The van der Waals surface area contributed by atoms with Crippen LogP contribution in [0.4, 0.5) is 11.4 Å². The summed E-state index contributed by atoms with van der Waals surface area (Å²) in [6.07, 6.45) is 7.25. The van der Waals surface area contributed by atoms with Crippen LogP contribution in [0.3, 0.4) is 0 Å². The zero-order valence-electron chi connectivity index (χ0n) is 19.5. The number of anilines is 1. The van der Waals surface area contributed by atoms with Gasteiger partial charge in [0.05, 0.1) is 16.7 Å². The van der Waals surface area contributed by atoms with Gasteiger partial charge in [0.2, 0.25) is 0 Å². The molecule has 0 aliphatic carbocycles. The van der Waals surface area contributed by atoms with Crippen molar-refractivity contribution >= 4 is 34.6 Å². The third-order valence-corrected chi connectivity index (χ3v) is 6.78. The Kier molecular flexibility index (Phi) is 5.83. The van der Waals surface area contributed by atoms with Crippen LogP contribution in [0.1, 0.15) is 37.3 Å². The van der Waals surface area contributed by atoms with Gasteiger partial charge < -0.3 is 24.9 Å². The van der Waals surface area contributed by atoms with E-state index in [-0.39, 0.29) is 17.5 Å². The molecule has 0 spiro atoms. The first kappa shape index (κ1) is 22.2. The van der Waals surface area contributed by atoms with Crippen molar-refractivity contribution in [3.63, 3.8) is 0 Å². The van der Waals surface area contributed by atoms with E-state index in [1.807, 2.05) is 28.8 Å². The molecule has 1 aromatic carbocycles. The smallest absolute Gasteiger partial charge is 0.261 e. The van der Waals surface area contributed by atoms with E-state index >= 15 is 0 Å². The average molecular weight is 459 g/mol. The standard InChI is InChI=1S/C26H30N6O2/c1-4-5-6-10-27-20-7-11-28-25(33)23(20)24-29-21-14-18-16(2)32(17-8-12-31(3)13-9-17)26(34)19(18)15-22(21)30-24/h4,7,11,14-15,17,34H,1-2,5-6,8-10,12-13H2,3H3,(H2,27,28,33). The quantitative estimate of drug-likeness (QED) is 0.375. The maximum atomic E-state index is 12.7. The van der Waals surface area contributed by atoms with Gasteiger partial charge in [-0.1, -0.05) is 12.7 Å². The maximum Gasteiger partial charge on any atom is 0.261 e. The van der Waals surface area contributed by atoms with Crippen LogP contribution in [0.2, 0.25) is 0 Å². The lowest BCUT2D eigenvalue weighted by Gasteiger charge is -2.30. The van der Waals surface area contributed by atoms with Crippen molar-refractivity contribution in [2.24, 2.45) is 9.98 Å². The van der Waals surface area contributed by atoms with Gasteiger partial charge in [0, 0.05) is 34.9 Å². The van der Waals surface area contributed by atoms with Crippen LogP contribution < -0.4 is 21.6 Å². The Morgan fingerprint density at radius 1 is 1.26 bits per heavy atom. The van der Waals surface area contributed by atoms with Crippen LogP contribution in [0.25, 0.3) is 17.4 Å². The Morgan fingerprint density at radius 2 is 2.06 bits per heavy atom. The van der Waals surface area contributed by atoms with Crippen molar-refractivity contribution in [1.29, 1.82) is 0 Å². The van der Waals surface area contributed by atoms with Crippen LogP contribution in [-0.2, 0) is 0 Å². The zero-order valence-corrected chi connectivity index (χ0v) is 19.5. The largest absolute Gasteiger partial charge is 0.494 e. The second-order valence-electron chi connectivity index (χ2n) is 9.06. The second kappa shape index (κ2) is 8.95. The summed E-state index contributed by atoms with van der Waals surface area (Å²) in [7, 11) is 2.12. The number of fused-ring (bicyclic) bond motifs is 2. The highest BCUT2D eigenvalue weighted by molar-refractivity contribution is 6.07. The number of nitrogens with zero attached hydrogens (tertiary/aromatic N) is 4. The number of amidine groups is 1. The molecule has 34 heavy (non-hydrogen) atoms. The fourth-order valence-electron chi connectivity index (χ4n) is 4.90. The van der Waals surface area contributed by atoms with E-state index in [1.54, 1.807) is 6.20 Å². The molecule has 0 saturated carbocycles. The molecule has 8 nitrogen and oxygen atoms in total. The number of unbranched alkanes of at least 4 members (excludes halogenated alkanes) is 1. The summed E-state index contributed by atoms with van der Waals surface area (Å²) in [5.74, 6) is 0.590. The van der Waals surface area contributed by atoms with Crippen LogP contribution in [0.5, 0.6) is 5.88 Å². The summed E-state index contributed by atoms with van der Waals surface area (Å²) < 4.78 is 1.96. The number of rotatable bonds is 7. The van der Waals surface area contributed by atoms with Crippen molar-refractivity contribution in [3.8, 4) is 5.88 Å². The maximum absolute atomic E-state index is 12.7. The first-order valence-electron chi connectivity index (χ1n) is 11.8. The van der Waals surface area contributed by atoms with E-state index in [0.717, 1.165) is 49.5 Å². The van der Waals surface area contributed by atoms with Gasteiger partial charge in [-0.25, -0.2) is 9.98 Å². The molecule has 3 N–H and O–H groups in total. The minimum absolute atomic E-state index is 0.222. The molecule has 2 aliphatic rings. The lowest BCUT2D eigenvalue weighted by Crippen LogP contribution is -2.34. The van der Waals surface area contributed by atoms with Crippen molar-refractivity contribution < 1.29 is 5.11 Å². The monoisotopic (exact) mass is 458 g/mol. The topological polar surface area (TPSA) is 98.0 Å². The van der Waals surface area contributed by atoms with E-state index in [0.29, 0.717) is 40.1 Å². The second-order valence-corrected chi connectivity index (χ2v) is 9.06. The van der Waals surface area contributed by atoms with Gasteiger partial charge in [0.15, 0.2) is 11.7 Å². The van der Waals surface area contributed by atoms with Gasteiger partial charge in [0.1, 0.15) is 5.56 Å². The highest BCUT2D eigenvalue weighted by atomic mass is 16.3. The number of piperidine rings is 1. The third kappa shape index (κ3) is 3.84. The molecule has 1 saturated heterocycles. The number of aromatic amines is 1. The number of aromatic nitrogens is 2. The summed E-state index contributed by atoms with van der Waals surface area (Å²) in [6.45, 7) is 10.7. The van der Waals surface area contributed by atoms with Crippen LogP contribution in [-0.4, -0.2) is 52.1 Å². The third-order valence-electron chi connectivity index (χ3n) is 6.78. The number of hydrogen-bond donors (Lipinski definition) is 3. The van der Waals surface area contributed by atoms with Gasteiger partial charge in [-0.15, -0.1) is 6.58 Å². The van der Waals surface area contributed by atoms with Crippen molar-refractivity contribution in [1.82, 2.24) is 14.5 Å². The minimum Gasteiger partial charge on any atom is -0.494 e. The van der Waals surface area contributed by atoms with Crippen LogP contribution in [0.15, 0.2) is 51.8 Å². The molecule has 176 valence electrons. The Bertz CT molecular complexity index is 1460. The predicted octanol–water partition coefficient (Wildman–Crippen LogP) is 2.80. The SMILES string of the molecule is C=CCCCNc1cc[nH]c(=O)c1C1=Nc2cc3c(O)n(C4CCN(C)CC4)c(=C)c3cc2=N1. The molecule has 0 amide bonds. The van der Waals surface area contributed by atoms with Gasteiger partial charge in [0.25, 0.3) is 5.56 Å². The molecule has 0 radical (unpaired) electrons. The number of pyridine rings is 1. The lowest BCUT2D eigenvalue weighted by molar-refractivity contribution is 0.211. The lowest BCUT2D eigenvalue weighted by atomic mass is 10.1. The summed E-state index contributed by atoms with van der Waals surface area (Å²) in [6, 6.07) is 5.82. The zero-order chi connectivity index (χ0) is 23.8. The number of aliphatic imine (C=N–C) groups is 1. The highest BCUT2D eigenvalue weighted by Crippen LogP contribution is 2.32. The molecular weight excluding hydrogens is 428 g/mol. The number of nitrogens with one attached hydrogen (secondary N) is 2. The number of H-pyrrole nitrogens is 1. The molecule has 1 fully saturated rings. The minimum atomic E-state index is -0.246. The predicted molar refractivity (Wildman–Crippen MR) is 137 cm³/mol. The first-order valence-corrected chi connectivity index (χ1v) is 11.8. The molecule has 3 aromatic rings. The van der Waals surface area contributed by atoms with Gasteiger partial charge in [-0.05, 0) is 64.0 Å². The van der Waals surface area contributed by atoms with Gasteiger partial charge in [-0.2, -0.15) is 0 Å². The fraction of sp³-hybridized carbons (Fsp3) is 0.346. The van der Waals surface area contributed by atoms with E-state index in [9.17, 15) is 9.90 Å². The number of likely N-dealkylation sites (tertiary alicyclic amines) is 1. The summed E-state index contributed by atoms with van der Waals surface area (Å²) in [4.78, 5) is 27.1. The van der Waals surface area contributed by atoms with Crippen LogP contribution in [0, 0.1) is 0 Å². The van der Waals surface area contributed by atoms with E-state index < -0.39 is 0 Å². The number of hydrogen-bond acceptors (Lipinski definition) is 6. The summed E-state index contributed by atoms with van der Waals surface area (Å²) in [5, 5.41) is 17.4. The number of aromatic hydroxyl groups is 1. The van der Waals surface area contributed by atoms with Crippen LogP contribution >= 0.6 is 0 Å². The molecule has 4 heterocycles. The Hall–Kier alpha value is -3.65. The molecule has 2 aromatic heterocycles. The first-order chi connectivity index (χ1) is 16.5. The normalized spacial score (nSPS) is 16.3. The molecule has 8 heteroatoms. The van der Waals surface area contributed by atoms with Crippen molar-refractivity contribution in [2.45, 2.75) is 31.7 Å². The van der Waals surface area contributed by atoms with E-state index in [1.165, 1.54) is 0 Å². The molecule has 0 bridgehead atoms. The number of benzene rings is 1. The Morgan fingerprint density at radius 3 is 2.82 bits per heavy atom. The Labute approximate surface area is 197 Å². The fourth-order valence-corrected chi connectivity index (χ4v) is 4.90. The average Bonchev–Trinajstić information content (AvgIpc) is 3.34. The van der Waals surface area contributed by atoms with Crippen molar-refractivity contribution in [3.05, 3.63) is 63.7 Å². The molecule has 5 rings (SSSR count). The molecular formula is C26H30N6O2.